The fourth-order valence-corrected chi connectivity index (χ4v) is 3.66. The molecule has 0 unspecified atom stereocenters. The van der Waals surface area contributed by atoms with Gasteiger partial charge in [-0.15, -0.1) is 11.3 Å². The summed E-state index contributed by atoms with van der Waals surface area (Å²) >= 11 is 1.83. The molecule has 0 atom stereocenters. The topological polar surface area (TPSA) is 24.9 Å². The predicted octanol–water partition coefficient (Wildman–Crippen LogP) is 3.41. The lowest BCUT2D eigenvalue weighted by Gasteiger charge is -2.17. The standard InChI is InChI=1S/C16H18N2S/c1-2-11(1)7-16-18-15(10-19-16)13-3-4-14-9-17-6-5-12(14)8-13/h3-4,8,10-11,17H,1-2,5-7,9H2. The second-order valence-corrected chi connectivity index (χ2v) is 6.63. The summed E-state index contributed by atoms with van der Waals surface area (Å²) in [6.45, 7) is 2.11. The second-order valence-electron chi connectivity index (χ2n) is 5.68. The molecular formula is C16H18N2S. The van der Waals surface area contributed by atoms with Crippen molar-refractivity contribution in [3.05, 3.63) is 39.7 Å². The van der Waals surface area contributed by atoms with Gasteiger partial charge in [0.05, 0.1) is 10.7 Å². The lowest BCUT2D eigenvalue weighted by molar-refractivity contribution is 0.644. The Bertz CT molecular complexity index is 599. The van der Waals surface area contributed by atoms with Crippen LogP contribution in [0.15, 0.2) is 23.6 Å². The quantitative estimate of drug-likeness (QED) is 0.924. The second kappa shape index (κ2) is 4.73. The van der Waals surface area contributed by atoms with Crippen molar-refractivity contribution in [2.75, 3.05) is 6.54 Å². The van der Waals surface area contributed by atoms with E-state index in [0.717, 1.165) is 25.4 Å². The first-order valence-electron chi connectivity index (χ1n) is 7.16. The molecule has 1 N–H and O–H groups in total. The van der Waals surface area contributed by atoms with E-state index in [9.17, 15) is 0 Å². The zero-order valence-corrected chi connectivity index (χ0v) is 11.8. The van der Waals surface area contributed by atoms with Gasteiger partial charge in [0, 0.05) is 23.9 Å². The van der Waals surface area contributed by atoms with Gasteiger partial charge < -0.3 is 5.32 Å². The van der Waals surface area contributed by atoms with Crippen molar-refractivity contribution in [1.29, 1.82) is 0 Å². The predicted molar refractivity (Wildman–Crippen MR) is 79.4 cm³/mol. The number of aromatic nitrogens is 1. The normalized spacial score (nSPS) is 18.3. The first kappa shape index (κ1) is 11.6. The highest BCUT2D eigenvalue weighted by atomic mass is 32.1. The molecule has 1 saturated carbocycles. The molecule has 1 aromatic carbocycles. The van der Waals surface area contributed by atoms with Gasteiger partial charge in [-0.2, -0.15) is 0 Å². The number of nitrogens with zero attached hydrogens (tertiary/aromatic N) is 1. The van der Waals surface area contributed by atoms with Gasteiger partial charge in [0.25, 0.3) is 0 Å². The van der Waals surface area contributed by atoms with Crippen molar-refractivity contribution in [3.8, 4) is 11.3 Å². The van der Waals surface area contributed by atoms with Gasteiger partial charge in [0.1, 0.15) is 0 Å². The summed E-state index contributed by atoms with van der Waals surface area (Å²) in [6, 6.07) is 6.82. The highest BCUT2D eigenvalue weighted by Crippen LogP contribution is 2.34. The SMILES string of the molecule is c1cc2c(cc1-c1csc(CC3CC3)n1)CCNC2. The average molecular weight is 270 g/mol. The molecule has 1 aliphatic carbocycles. The Labute approximate surface area is 117 Å². The van der Waals surface area contributed by atoms with E-state index in [1.54, 1.807) is 0 Å². The molecule has 0 spiro atoms. The van der Waals surface area contributed by atoms with Crippen LogP contribution in [0.3, 0.4) is 0 Å². The van der Waals surface area contributed by atoms with Gasteiger partial charge in [-0.3, -0.25) is 0 Å². The minimum absolute atomic E-state index is 0.925. The molecule has 2 nitrogen and oxygen atoms in total. The highest BCUT2D eigenvalue weighted by molar-refractivity contribution is 7.09. The molecule has 98 valence electrons. The molecule has 4 rings (SSSR count). The van der Waals surface area contributed by atoms with Gasteiger partial charge in [0.2, 0.25) is 0 Å². The molecule has 0 saturated heterocycles. The first-order chi connectivity index (χ1) is 9.38. The summed E-state index contributed by atoms with van der Waals surface area (Å²) < 4.78 is 0. The molecule has 3 heteroatoms. The Morgan fingerprint density at radius 2 is 2.21 bits per heavy atom. The molecule has 2 heterocycles. The van der Waals surface area contributed by atoms with Crippen LogP contribution in [0.25, 0.3) is 11.3 Å². The van der Waals surface area contributed by atoms with E-state index >= 15 is 0 Å². The van der Waals surface area contributed by atoms with Crippen molar-refractivity contribution in [3.63, 3.8) is 0 Å². The van der Waals surface area contributed by atoms with E-state index in [0.29, 0.717) is 0 Å². The van der Waals surface area contributed by atoms with E-state index in [-0.39, 0.29) is 0 Å². The number of nitrogens with one attached hydrogen (secondary N) is 1. The molecule has 19 heavy (non-hydrogen) atoms. The van der Waals surface area contributed by atoms with Crippen LogP contribution in [-0.2, 0) is 19.4 Å². The molecule has 0 radical (unpaired) electrons. The van der Waals surface area contributed by atoms with E-state index in [1.807, 2.05) is 11.3 Å². The van der Waals surface area contributed by atoms with Crippen LogP contribution in [0.2, 0.25) is 0 Å². The van der Waals surface area contributed by atoms with Gasteiger partial charge in [-0.1, -0.05) is 12.1 Å². The van der Waals surface area contributed by atoms with Crippen molar-refractivity contribution < 1.29 is 0 Å². The number of fused-ring (bicyclic) bond motifs is 1. The fraction of sp³-hybridized carbons (Fsp3) is 0.438. The number of benzene rings is 1. The molecule has 2 aliphatic rings. The average Bonchev–Trinajstić information content (AvgIpc) is 3.14. The molecule has 1 aromatic heterocycles. The lowest BCUT2D eigenvalue weighted by atomic mass is 9.98. The maximum atomic E-state index is 4.81. The Morgan fingerprint density at radius 3 is 3.11 bits per heavy atom. The maximum Gasteiger partial charge on any atom is 0.0935 e. The summed E-state index contributed by atoms with van der Waals surface area (Å²) in [5, 5.41) is 6.96. The molecule has 2 aromatic rings. The van der Waals surface area contributed by atoms with Crippen LogP contribution < -0.4 is 5.32 Å². The number of rotatable bonds is 3. The van der Waals surface area contributed by atoms with E-state index in [4.69, 9.17) is 4.98 Å². The van der Waals surface area contributed by atoms with Gasteiger partial charge in [-0.25, -0.2) is 4.98 Å². The number of hydrogen-bond acceptors (Lipinski definition) is 3. The van der Waals surface area contributed by atoms with Crippen LogP contribution in [0.5, 0.6) is 0 Å². The fourth-order valence-electron chi connectivity index (χ4n) is 2.74. The monoisotopic (exact) mass is 270 g/mol. The minimum atomic E-state index is 0.925. The Kier molecular flexibility index (Phi) is 2.89. The third kappa shape index (κ3) is 2.45. The van der Waals surface area contributed by atoms with E-state index in [1.165, 1.54) is 46.7 Å². The number of hydrogen-bond donors (Lipinski definition) is 1. The van der Waals surface area contributed by atoms with Crippen molar-refractivity contribution in [2.24, 2.45) is 5.92 Å². The third-order valence-corrected chi connectivity index (χ3v) is 4.97. The lowest BCUT2D eigenvalue weighted by Crippen LogP contribution is -2.23. The Balaban J connectivity index is 1.61. The maximum absolute atomic E-state index is 4.81. The minimum Gasteiger partial charge on any atom is -0.312 e. The third-order valence-electron chi connectivity index (χ3n) is 4.10. The largest absolute Gasteiger partial charge is 0.312 e. The van der Waals surface area contributed by atoms with Crippen LogP contribution in [0.1, 0.15) is 29.0 Å². The summed E-state index contributed by atoms with van der Waals surface area (Å²) in [5.41, 5.74) is 5.40. The van der Waals surface area contributed by atoms with Crippen LogP contribution >= 0.6 is 11.3 Å². The molecular weight excluding hydrogens is 252 g/mol. The summed E-state index contributed by atoms with van der Waals surface area (Å²) in [4.78, 5) is 4.81. The molecule has 1 aliphatic heterocycles. The molecule has 0 amide bonds. The Hall–Kier alpha value is -1.19. The molecule has 1 fully saturated rings. The van der Waals surface area contributed by atoms with Crippen LogP contribution in [-0.4, -0.2) is 11.5 Å². The van der Waals surface area contributed by atoms with Gasteiger partial charge in [0.15, 0.2) is 0 Å². The van der Waals surface area contributed by atoms with Crippen molar-refractivity contribution in [2.45, 2.75) is 32.2 Å². The zero-order chi connectivity index (χ0) is 12.7. The van der Waals surface area contributed by atoms with Crippen LogP contribution in [0.4, 0.5) is 0 Å². The van der Waals surface area contributed by atoms with Gasteiger partial charge >= 0.3 is 0 Å². The first-order valence-corrected chi connectivity index (χ1v) is 8.04. The van der Waals surface area contributed by atoms with E-state index < -0.39 is 0 Å². The molecule has 0 bridgehead atoms. The summed E-state index contributed by atoms with van der Waals surface area (Å²) in [5.74, 6) is 0.925. The van der Waals surface area contributed by atoms with Crippen molar-refractivity contribution >= 4 is 11.3 Å². The van der Waals surface area contributed by atoms with Gasteiger partial charge in [-0.05, 0) is 48.9 Å². The van der Waals surface area contributed by atoms with Crippen molar-refractivity contribution in [1.82, 2.24) is 10.3 Å². The Morgan fingerprint density at radius 1 is 1.26 bits per heavy atom. The van der Waals surface area contributed by atoms with Crippen LogP contribution in [0, 0.1) is 5.92 Å². The summed E-state index contributed by atoms with van der Waals surface area (Å²) in [6.07, 6.45) is 5.14. The number of thiazole rings is 1. The highest BCUT2D eigenvalue weighted by Gasteiger charge is 2.23. The van der Waals surface area contributed by atoms with E-state index in [2.05, 4.69) is 28.9 Å². The summed E-state index contributed by atoms with van der Waals surface area (Å²) in [7, 11) is 0. The smallest absolute Gasteiger partial charge is 0.0935 e. The zero-order valence-electron chi connectivity index (χ0n) is 11.0.